The molecule has 0 amide bonds. The first-order valence-corrected chi connectivity index (χ1v) is 7.85. The van der Waals surface area contributed by atoms with Crippen LogP contribution in [-0.4, -0.2) is 20.0 Å². The highest BCUT2D eigenvalue weighted by Gasteiger charge is 2.07. The lowest BCUT2D eigenvalue weighted by atomic mass is 10.1. The molecule has 0 aliphatic rings. The zero-order valence-electron chi connectivity index (χ0n) is 13.1. The number of benzene rings is 2. The van der Waals surface area contributed by atoms with Gasteiger partial charge in [0.25, 0.3) is 0 Å². The van der Waals surface area contributed by atoms with E-state index < -0.39 is 0 Å². The van der Waals surface area contributed by atoms with Gasteiger partial charge in [0.05, 0.1) is 24.1 Å². The van der Waals surface area contributed by atoms with E-state index >= 15 is 0 Å². The highest BCUT2D eigenvalue weighted by Crippen LogP contribution is 2.21. The average molecular weight is 312 g/mol. The summed E-state index contributed by atoms with van der Waals surface area (Å²) in [6, 6.07) is 26.3. The molecule has 0 spiro atoms. The molecule has 0 aliphatic carbocycles. The molecule has 4 rings (SSSR count). The lowest BCUT2D eigenvalue weighted by Crippen LogP contribution is -1.99. The van der Waals surface area contributed by atoms with Crippen LogP contribution in [0, 0.1) is 0 Å². The third kappa shape index (κ3) is 3.08. The molecule has 0 saturated carbocycles. The Kier molecular flexibility index (Phi) is 3.86. The largest absolute Gasteiger partial charge is 0.247 e. The van der Waals surface area contributed by atoms with Gasteiger partial charge in [-0.1, -0.05) is 71.9 Å². The molecule has 2 aromatic carbocycles. The quantitative estimate of drug-likeness (QED) is 0.571. The van der Waals surface area contributed by atoms with Gasteiger partial charge >= 0.3 is 0 Å². The molecule has 116 valence electrons. The predicted octanol–water partition coefficient (Wildman–Crippen LogP) is 4.06. The minimum absolute atomic E-state index is 0.701. The van der Waals surface area contributed by atoms with Crippen LogP contribution in [0.2, 0.25) is 0 Å². The summed E-state index contributed by atoms with van der Waals surface area (Å²) in [5, 5.41) is 8.48. The summed E-state index contributed by atoms with van der Waals surface area (Å²) in [5.41, 5.74) is 4.83. The van der Waals surface area contributed by atoms with E-state index in [1.165, 1.54) is 5.56 Å². The smallest absolute Gasteiger partial charge is 0.131 e. The number of nitrogens with zero attached hydrogens (tertiary/aromatic N) is 4. The van der Waals surface area contributed by atoms with E-state index in [1.807, 2.05) is 65.5 Å². The third-order valence-electron chi connectivity index (χ3n) is 3.81. The minimum atomic E-state index is 0.701. The summed E-state index contributed by atoms with van der Waals surface area (Å²) >= 11 is 0. The Balaban J connectivity index is 1.61. The van der Waals surface area contributed by atoms with Gasteiger partial charge in [-0.15, -0.1) is 5.10 Å². The van der Waals surface area contributed by atoms with Crippen molar-refractivity contribution in [3.63, 3.8) is 0 Å². The predicted molar refractivity (Wildman–Crippen MR) is 94.2 cm³/mol. The lowest BCUT2D eigenvalue weighted by Gasteiger charge is -2.02. The van der Waals surface area contributed by atoms with Crippen LogP contribution < -0.4 is 0 Å². The number of aromatic nitrogens is 4. The van der Waals surface area contributed by atoms with E-state index in [4.69, 9.17) is 4.98 Å². The minimum Gasteiger partial charge on any atom is -0.247 e. The van der Waals surface area contributed by atoms with Gasteiger partial charge in [0.15, 0.2) is 0 Å². The lowest BCUT2D eigenvalue weighted by molar-refractivity contribution is 0.650. The van der Waals surface area contributed by atoms with Crippen LogP contribution in [0.4, 0.5) is 0 Å². The molecule has 0 fully saturated rings. The standard InChI is InChI=1S/C20H16N4/c1-3-8-16(9-4-1)14-24-15-20(22-23-24)19-13-7-12-18(21-19)17-10-5-2-6-11-17/h1-13,15H,14H2. The van der Waals surface area contributed by atoms with Gasteiger partial charge in [0, 0.05) is 5.56 Å². The summed E-state index contributed by atoms with van der Waals surface area (Å²) in [6.45, 7) is 0.701. The molecule has 0 bridgehead atoms. The second kappa shape index (κ2) is 6.46. The second-order valence-corrected chi connectivity index (χ2v) is 5.56. The molecule has 0 aliphatic heterocycles. The van der Waals surface area contributed by atoms with Crippen LogP contribution in [0.15, 0.2) is 85.1 Å². The highest BCUT2D eigenvalue weighted by molar-refractivity contribution is 5.63. The van der Waals surface area contributed by atoms with Crippen molar-refractivity contribution >= 4 is 0 Å². The maximum atomic E-state index is 4.72. The Morgan fingerprint density at radius 2 is 1.38 bits per heavy atom. The number of hydrogen-bond acceptors (Lipinski definition) is 3. The van der Waals surface area contributed by atoms with Crippen LogP contribution in [0.25, 0.3) is 22.6 Å². The van der Waals surface area contributed by atoms with E-state index in [0.29, 0.717) is 6.54 Å². The van der Waals surface area contributed by atoms with Gasteiger partial charge in [-0.3, -0.25) is 0 Å². The van der Waals surface area contributed by atoms with Crippen molar-refractivity contribution in [1.82, 2.24) is 20.0 Å². The van der Waals surface area contributed by atoms with Crippen molar-refractivity contribution in [2.75, 3.05) is 0 Å². The molecule has 4 heteroatoms. The fraction of sp³-hybridized carbons (Fsp3) is 0.0500. The number of rotatable bonds is 4. The van der Waals surface area contributed by atoms with Crippen molar-refractivity contribution < 1.29 is 0 Å². The fourth-order valence-electron chi connectivity index (χ4n) is 2.61. The first-order chi connectivity index (χ1) is 11.9. The molecule has 4 nitrogen and oxygen atoms in total. The van der Waals surface area contributed by atoms with Gasteiger partial charge in [0.2, 0.25) is 0 Å². The molecule has 0 N–H and O–H groups in total. The summed E-state index contributed by atoms with van der Waals surface area (Å²) in [6.07, 6.45) is 1.93. The Labute approximate surface area is 140 Å². The summed E-state index contributed by atoms with van der Waals surface area (Å²) in [7, 11) is 0. The zero-order valence-corrected chi connectivity index (χ0v) is 13.1. The summed E-state index contributed by atoms with van der Waals surface area (Å²) in [4.78, 5) is 4.72. The molecule has 24 heavy (non-hydrogen) atoms. The SMILES string of the molecule is c1ccc(Cn2cc(-c3cccc(-c4ccccc4)n3)nn2)cc1. The van der Waals surface area contributed by atoms with Gasteiger partial charge in [0.1, 0.15) is 5.69 Å². The zero-order chi connectivity index (χ0) is 16.2. The Morgan fingerprint density at radius 1 is 0.667 bits per heavy atom. The van der Waals surface area contributed by atoms with Crippen LogP contribution in [0.5, 0.6) is 0 Å². The Morgan fingerprint density at radius 3 is 2.17 bits per heavy atom. The van der Waals surface area contributed by atoms with E-state index in [-0.39, 0.29) is 0 Å². The topological polar surface area (TPSA) is 43.6 Å². The van der Waals surface area contributed by atoms with Crippen molar-refractivity contribution in [1.29, 1.82) is 0 Å². The normalized spacial score (nSPS) is 10.7. The van der Waals surface area contributed by atoms with Crippen LogP contribution in [0.1, 0.15) is 5.56 Å². The van der Waals surface area contributed by atoms with Crippen molar-refractivity contribution in [3.8, 4) is 22.6 Å². The van der Waals surface area contributed by atoms with E-state index in [0.717, 1.165) is 22.6 Å². The van der Waals surface area contributed by atoms with Crippen LogP contribution in [0.3, 0.4) is 0 Å². The second-order valence-electron chi connectivity index (χ2n) is 5.56. The fourth-order valence-corrected chi connectivity index (χ4v) is 2.61. The summed E-state index contributed by atoms with van der Waals surface area (Å²) < 4.78 is 1.83. The van der Waals surface area contributed by atoms with Gasteiger partial charge in [-0.25, -0.2) is 9.67 Å². The molecule has 2 heterocycles. The molecule has 0 unspecified atom stereocenters. The third-order valence-corrected chi connectivity index (χ3v) is 3.81. The highest BCUT2D eigenvalue weighted by atomic mass is 15.4. The maximum absolute atomic E-state index is 4.72. The van der Waals surface area contributed by atoms with Crippen molar-refractivity contribution in [3.05, 3.63) is 90.6 Å². The summed E-state index contributed by atoms with van der Waals surface area (Å²) in [5.74, 6) is 0. The molecular weight excluding hydrogens is 296 g/mol. The van der Waals surface area contributed by atoms with E-state index in [1.54, 1.807) is 0 Å². The van der Waals surface area contributed by atoms with Crippen molar-refractivity contribution in [2.45, 2.75) is 6.54 Å². The molecule has 0 radical (unpaired) electrons. The first-order valence-electron chi connectivity index (χ1n) is 7.85. The average Bonchev–Trinajstić information content (AvgIpc) is 3.12. The first kappa shape index (κ1) is 14.3. The number of hydrogen-bond donors (Lipinski definition) is 0. The molecule has 0 saturated heterocycles. The molecule has 0 atom stereocenters. The van der Waals surface area contributed by atoms with E-state index in [2.05, 4.69) is 34.6 Å². The van der Waals surface area contributed by atoms with Crippen LogP contribution >= 0.6 is 0 Å². The Hall–Kier alpha value is -3.27. The van der Waals surface area contributed by atoms with E-state index in [9.17, 15) is 0 Å². The van der Waals surface area contributed by atoms with Gasteiger partial charge in [-0.05, 0) is 17.7 Å². The monoisotopic (exact) mass is 312 g/mol. The van der Waals surface area contributed by atoms with Crippen LogP contribution in [-0.2, 0) is 6.54 Å². The molecule has 4 aromatic rings. The van der Waals surface area contributed by atoms with Crippen molar-refractivity contribution in [2.24, 2.45) is 0 Å². The van der Waals surface area contributed by atoms with Gasteiger partial charge < -0.3 is 0 Å². The maximum Gasteiger partial charge on any atom is 0.131 e. The number of pyridine rings is 1. The Bertz CT molecular complexity index is 930. The molecular formula is C20H16N4. The molecule has 2 aromatic heterocycles. The van der Waals surface area contributed by atoms with Gasteiger partial charge in [-0.2, -0.15) is 0 Å².